The molecule has 0 radical (unpaired) electrons. The molecule has 1 saturated heterocycles. The molecule has 0 bridgehead atoms. The van der Waals surface area contributed by atoms with Gasteiger partial charge in [-0.1, -0.05) is 0 Å². The molecule has 0 aromatic carbocycles. The van der Waals surface area contributed by atoms with E-state index in [-0.39, 0.29) is 6.09 Å². The van der Waals surface area contributed by atoms with Crippen LogP contribution in [0, 0.1) is 0 Å². The van der Waals surface area contributed by atoms with E-state index in [1.165, 1.54) is 5.56 Å². The minimum absolute atomic E-state index is 0.210. The second kappa shape index (κ2) is 6.89. The number of nitrogens with zero attached hydrogens (tertiary/aromatic N) is 2. The number of pyridine rings is 1. The number of rotatable bonds is 3. The summed E-state index contributed by atoms with van der Waals surface area (Å²) in [6, 6.07) is 4.32. The highest BCUT2D eigenvalue weighted by molar-refractivity contribution is 5.68. The molecule has 2 heterocycles. The topological polar surface area (TPSA) is 54.5 Å². The van der Waals surface area contributed by atoms with Gasteiger partial charge < -0.3 is 15.0 Å². The lowest BCUT2D eigenvalue weighted by molar-refractivity contribution is 0.0187. The van der Waals surface area contributed by atoms with Crippen molar-refractivity contribution in [2.45, 2.75) is 51.8 Å². The van der Waals surface area contributed by atoms with Crippen molar-refractivity contribution in [1.82, 2.24) is 15.2 Å². The van der Waals surface area contributed by atoms with E-state index in [2.05, 4.69) is 10.3 Å². The van der Waals surface area contributed by atoms with Crippen LogP contribution in [0.5, 0.6) is 0 Å². The number of aromatic nitrogens is 1. The van der Waals surface area contributed by atoms with Gasteiger partial charge in [-0.3, -0.25) is 4.98 Å². The lowest BCUT2D eigenvalue weighted by atomic mass is 10.1. The molecule has 1 aromatic rings. The van der Waals surface area contributed by atoms with Crippen LogP contribution in [0.2, 0.25) is 0 Å². The largest absolute Gasteiger partial charge is 0.444 e. The molecule has 1 aliphatic heterocycles. The van der Waals surface area contributed by atoms with Gasteiger partial charge in [0.25, 0.3) is 0 Å². The van der Waals surface area contributed by atoms with Crippen molar-refractivity contribution < 1.29 is 9.53 Å². The van der Waals surface area contributed by atoms with Crippen molar-refractivity contribution in [2.24, 2.45) is 0 Å². The molecule has 5 heteroatoms. The molecule has 116 valence electrons. The first-order valence-electron chi connectivity index (χ1n) is 7.54. The van der Waals surface area contributed by atoms with Crippen molar-refractivity contribution >= 4 is 6.09 Å². The van der Waals surface area contributed by atoms with Gasteiger partial charge in [-0.15, -0.1) is 0 Å². The van der Waals surface area contributed by atoms with E-state index in [0.717, 1.165) is 25.9 Å². The number of hydrogen-bond donors (Lipinski definition) is 1. The third kappa shape index (κ3) is 5.34. The van der Waals surface area contributed by atoms with Gasteiger partial charge in [0.15, 0.2) is 0 Å². The quantitative estimate of drug-likeness (QED) is 0.930. The van der Waals surface area contributed by atoms with Gasteiger partial charge in [-0.2, -0.15) is 0 Å². The molecule has 2 rings (SSSR count). The van der Waals surface area contributed by atoms with Gasteiger partial charge in [0.1, 0.15) is 5.60 Å². The van der Waals surface area contributed by atoms with Crippen molar-refractivity contribution in [1.29, 1.82) is 0 Å². The Balaban J connectivity index is 1.82. The van der Waals surface area contributed by atoms with Gasteiger partial charge in [0.2, 0.25) is 0 Å². The average molecular weight is 291 g/mol. The molecule has 1 atom stereocenters. The number of carbonyl (C=O) groups excluding carboxylic acids is 1. The van der Waals surface area contributed by atoms with Gasteiger partial charge in [-0.05, 0) is 51.3 Å². The summed E-state index contributed by atoms with van der Waals surface area (Å²) in [6.45, 7) is 7.98. The van der Waals surface area contributed by atoms with Crippen LogP contribution in [0.3, 0.4) is 0 Å². The summed E-state index contributed by atoms with van der Waals surface area (Å²) in [4.78, 5) is 17.9. The van der Waals surface area contributed by atoms with Gasteiger partial charge in [-0.25, -0.2) is 4.79 Å². The fraction of sp³-hybridized carbons (Fsp3) is 0.625. The fourth-order valence-corrected chi connectivity index (χ4v) is 2.40. The molecule has 1 fully saturated rings. The van der Waals surface area contributed by atoms with Gasteiger partial charge in [0, 0.05) is 38.1 Å². The van der Waals surface area contributed by atoms with Crippen LogP contribution in [0.25, 0.3) is 0 Å². The fourth-order valence-electron chi connectivity index (χ4n) is 2.40. The highest BCUT2D eigenvalue weighted by atomic mass is 16.6. The number of piperidine rings is 1. The van der Waals surface area contributed by atoms with E-state index < -0.39 is 5.60 Å². The normalized spacial score (nSPS) is 19.4. The second-order valence-electron chi connectivity index (χ2n) is 6.50. The van der Waals surface area contributed by atoms with Crippen molar-refractivity contribution in [2.75, 3.05) is 13.1 Å². The first-order chi connectivity index (χ1) is 9.94. The summed E-state index contributed by atoms with van der Waals surface area (Å²) in [5, 5.41) is 3.51. The zero-order valence-corrected chi connectivity index (χ0v) is 13.1. The Kier molecular flexibility index (Phi) is 5.17. The molecule has 0 spiro atoms. The zero-order chi connectivity index (χ0) is 15.3. The van der Waals surface area contributed by atoms with Crippen LogP contribution in [0.1, 0.15) is 39.2 Å². The summed E-state index contributed by atoms with van der Waals surface area (Å²) < 4.78 is 5.44. The predicted molar refractivity (Wildman–Crippen MR) is 81.9 cm³/mol. The Hall–Kier alpha value is -1.62. The molecular weight excluding hydrogens is 266 g/mol. The van der Waals surface area contributed by atoms with Crippen LogP contribution >= 0.6 is 0 Å². The molecule has 0 aliphatic carbocycles. The molecule has 1 N–H and O–H groups in total. The van der Waals surface area contributed by atoms with E-state index in [0.29, 0.717) is 12.6 Å². The Bertz CT molecular complexity index is 456. The van der Waals surface area contributed by atoms with Crippen molar-refractivity contribution in [3.63, 3.8) is 0 Å². The Morgan fingerprint density at radius 3 is 2.81 bits per heavy atom. The number of ether oxygens (including phenoxy) is 1. The monoisotopic (exact) mass is 291 g/mol. The zero-order valence-electron chi connectivity index (χ0n) is 13.1. The highest BCUT2D eigenvalue weighted by Gasteiger charge is 2.27. The van der Waals surface area contributed by atoms with Crippen molar-refractivity contribution in [3.05, 3.63) is 30.1 Å². The number of nitrogens with one attached hydrogen (secondary N) is 1. The molecule has 0 unspecified atom stereocenters. The van der Waals surface area contributed by atoms with E-state index in [1.807, 2.05) is 32.9 Å². The first kappa shape index (κ1) is 15.8. The Labute approximate surface area is 126 Å². The SMILES string of the molecule is CC(C)(C)OC(=O)N1CCC[C@@H](NCc2ccncc2)C1. The van der Waals surface area contributed by atoms with Crippen LogP contribution in [-0.2, 0) is 11.3 Å². The summed E-state index contributed by atoms with van der Waals surface area (Å²) in [7, 11) is 0. The second-order valence-corrected chi connectivity index (χ2v) is 6.50. The smallest absolute Gasteiger partial charge is 0.410 e. The summed E-state index contributed by atoms with van der Waals surface area (Å²) in [5.74, 6) is 0. The Morgan fingerprint density at radius 2 is 2.14 bits per heavy atom. The molecular formula is C16H25N3O2. The van der Waals surface area contributed by atoms with Gasteiger partial charge >= 0.3 is 6.09 Å². The third-order valence-corrected chi connectivity index (χ3v) is 3.42. The molecule has 1 aliphatic rings. The minimum Gasteiger partial charge on any atom is -0.444 e. The van der Waals surface area contributed by atoms with Crippen LogP contribution in [0.15, 0.2) is 24.5 Å². The van der Waals surface area contributed by atoms with Crippen molar-refractivity contribution in [3.8, 4) is 0 Å². The number of hydrogen-bond acceptors (Lipinski definition) is 4. The standard InChI is InChI=1S/C16H25N3O2/c1-16(2,3)21-15(20)19-10-4-5-14(12-19)18-11-13-6-8-17-9-7-13/h6-9,14,18H,4-5,10-12H2,1-3H3/t14-/m1/s1. The maximum atomic E-state index is 12.1. The van der Waals surface area contributed by atoms with Crippen LogP contribution in [0.4, 0.5) is 4.79 Å². The average Bonchev–Trinajstić information content (AvgIpc) is 2.45. The highest BCUT2D eigenvalue weighted by Crippen LogP contribution is 2.15. The van der Waals surface area contributed by atoms with E-state index >= 15 is 0 Å². The first-order valence-corrected chi connectivity index (χ1v) is 7.54. The number of carbonyl (C=O) groups is 1. The molecule has 5 nitrogen and oxygen atoms in total. The third-order valence-electron chi connectivity index (χ3n) is 3.42. The Morgan fingerprint density at radius 1 is 1.43 bits per heavy atom. The van der Waals surface area contributed by atoms with E-state index in [1.54, 1.807) is 17.3 Å². The minimum atomic E-state index is -0.436. The molecule has 1 amide bonds. The van der Waals surface area contributed by atoms with Crippen LogP contribution in [-0.4, -0.2) is 40.7 Å². The maximum Gasteiger partial charge on any atom is 0.410 e. The van der Waals surface area contributed by atoms with Gasteiger partial charge in [0.05, 0.1) is 0 Å². The van der Waals surface area contributed by atoms with Crippen LogP contribution < -0.4 is 5.32 Å². The number of amides is 1. The maximum absolute atomic E-state index is 12.1. The number of likely N-dealkylation sites (tertiary alicyclic amines) is 1. The van der Waals surface area contributed by atoms with E-state index in [4.69, 9.17) is 4.74 Å². The summed E-state index contributed by atoms with van der Waals surface area (Å²) in [6.07, 6.45) is 5.48. The lowest BCUT2D eigenvalue weighted by Gasteiger charge is -2.34. The molecule has 0 saturated carbocycles. The predicted octanol–water partition coefficient (Wildman–Crippen LogP) is 2.57. The summed E-state index contributed by atoms with van der Waals surface area (Å²) >= 11 is 0. The van der Waals surface area contributed by atoms with E-state index in [9.17, 15) is 4.79 Å². The summed E-state index contributed by atoms with van der Waals surface area (Å²) in [5.41, 5.74) is 0.772. The lowest BCUT2D eigenvalue weighted by Crippen LogP contribution is -2.49. The molecule has 21 heavy (non-hydrogen) atoms. The molecule has 1 aromatic heterocycles.